The summed E-state index contributed by atoms with van der Waals surface area (Å²) >= 11 is 3.41. The average molecular weight is 356 g/mol. The second kappa shape index (κ2) is 8.36. The number of rotatable bonds is 5. The van der Waals surface area contributed by atoms with Crippen molar-refractivity contribution < 1.29 is 9.53 Å². The number of anilines is 1. The summed E-state index contributed by atoms with van der Waals surface area (Å²) in [4.78, 5) is 14.2. The van der Waals surface area contributed by atoms with Crippen molar-refractivity contribution in [3.63, 3.8) is 0 Å². The molecular formula is C15H22BrN3O2. The second-order valence-electron chi connectivity index (χ2n) is 5.15. The smallest absolute Gasteiger partial charge is 0.319 e. The molecule has 0 radical (unpaired) electrons. The molecular weight excluding hydrogens is 334 g/mol. The van der Waals surface area contributed by atoms with Gasteiger partial charge >= 0.3 is 6.03 Å². The standard InChI is InChI=1S/C15H22BrN3O2/c1-12-3-4-13(16)11-14(12)18-15(20)17-5-2-6-19-7-9-21-10-8-19/h3-4,11H,2,5-10H2,1H3,(H2,17,18,20). The molecule has 2 N–H and O–H groups in total. The van der Waals surface area contributed by atoms with Crippen molar-refractivity contribution in [2.75, 3.05) is 44.7 Å². The molecule has 1 aliphatic heterocycles. The molecule has 21 heavy (non-hydrogen) atoms. The number of aryl methyl sites for hydroxylation is 1. The van der Waals surface area contributed by atoms with Crippen LogP contribution in [0.1, 0.15) is 12.0 Å². The minimum Gasteiger partial charge on any atom is -0.379 e. The molecule has 0 atom stereocenters. The third-order valence-electron chi connectivity index (χ3n) is 3.49. The van der Waals surface area contributed by atoms with E-state index in [1.807, 2.05) is 25.1 Å². The van der Waals surface area contributed by atoms with Crippen molar-refractivity contribution in [3.8, 4) is 0 Å². The van der Waals surface area contributed by atoms with Gasteiger partial charge in [0.15, 0.2) is 0 Å². The highest BCUT2D eigenvalue weighted by Crippen LogP contribution is 2.20. The van der Waals surface area contributed by atoms with E-state index in [0.717, 1.165) is 55.0 Å². The van der Waals surface area contributed by atoms with Crippen LogP contribution in [0.3, 0.4) is 0 Å². The molecule has 0 aliphatic carbocycles. The molecule has 0 spiro atoms. The first-order valence-corrected chi connectivity index (χ1v) is 8.05. The second-order valence-corrected chi connectivity index (χ2v) is 6.06. The molecule has 116 valence electrons. The highest BCUT2D eigenvalue weighted by atomic mass is 79.9. The van der Waals surface area contributed by atoms with Gasteiger partial charge < -0.3 is 15.4 Å². The zero-order valence-corrected chi connectivity index (χ0v) is 13.9. The molecule has 1 aromatic carbocycles. The van der Waals surface area contributed by atoms with Gasteiger partial charge in [-0.1, -0.05) is 22.0 Å². The number of ether oxygens (including phenoxy) is 1. The van der Waals surface area contributed by atoms with E-state index >= 15 is 0 Å². The van der Waals surface area contributed by atoms with Crippen LogP contribution in [0.2, 0.25) is 0 Å². The molecule has 1 aromatic rings. The van der Waals surface area contributed by atoms with Crippen LogP contribution in [-0.2, 0) is 4.74 Å². The molecule has 0 aromatic heterocycles. The first kappa shape index (κ1) is 16.3. The number of hydrogen-bond acceptors (Lipinski definition) is 3. The Bertz CT molecular complexity index is 476. The minimum absolute atomic E-state index is 0.154. The zero-order chi connectivity index (χ0) is 15.1. The number of carbonyl (C=O) groups is 1. The van der Waals surface area contributed by atoms with E-state index in [4.69, 9.17) is 4.74 Å². The van der Waals surface area contributed by atoms with E-state index in [2.05, 4.69) is 31.5 Å². The van der Waals surface area contributed by atoms with Crippen LogP contribution in [0.4, 0.5) is 10.5 Å². The van der Waals surface area contributed by atoms with E-state index in [1.165, 1.54) is 0 Å². The van der Waals surface area contributed by atoms with E-state index in [9.17, 15) is 4.79 Å². The number of carbonyl (C=O) groups excluding carboxylic acids is 1. The van der Waals surface area contributed by atoms with Crippen molar-refractivity contribution in [2.45, 2.75) is 13.3 Å². The molecule has 5 nitrogen and oxygen atoms in total. The van der Waals surface area contributed by atoms with Crippen molar-refractivity contribution >= 4 is 27.6 Å². The summed E-state index contributed by atoms with van der Waals surface area (Å²) in [7, 11) is 0. The molecule has 2 rings (SSSR count). The largest absolute Gasteiger partial charge is 0.379 e. The molecule has 2 amide bonds. The van der Waals surface area contributed by atoms with Gasteiger partial charge in [0, 0.05) is 29.8 Å². The summed E-state index contributed by atoms with van der Waals surface area (Å²) in [5, 5.41) is 5.77. The van der Waals surface area contributed by atoms with Crippen molar-refractivity contribution in [2.24, 2.45) is 0 Å². The summed E-state index contributed by atoms with van der Waals surface area (Å²) < 4.78 is 6.26. The lowest BCUT2D eigenvalue weighted by molar-refractivity contribution is 0.0375. The van der Waals surface area contributed by atoms with Gasteiger partial charge in [-0.3, -0.25) is 4.90 Å². The maximum absolute atomic E-state index is 11.9. The molecule has 0 saturated carbocycles. The summed E-state index contributed by atoms with van der Waals surface area (Å²) in [6, 6.07) is 5.68. The van der Waals surface area contributed by atoms with Gasteiger partial charge in [0.05, 0.1) is 13.2 Å². The number of amides is 2. The molecule has 6 heteroatoms. The summed E-state index contributed by atoms with van der Waals surface area (Å²) in [5.74, 6) is 0. The fraction of sp³-hybridized carbons (Fsp3) is 0.533. The normalized spacial score (nSPS) is 15.7. The van der Waals surface area contributed by atoms with E-state index in [0.29, 0.717) is 6.54 Å². The monoisotopic (exact) mass is 355 g/mol. The first-order chi connectivity index (χ1) is 10.1. The number of urea groups is 1. The average Bonchev–Trinajstić information content (AvgIpc) is 2.48. The van der Waals surface area contributed by atoms with Gasteiger partial charge in [-0.2, -0.15) is 0 Å². The predicted octanol–water partition coefficient (Wildman–Crippen LogP) is 2.60. The Morgan fingerprint density at radius 1 is 1.38 bits per heavy atom. The van der Waals surface area contributed by atoms with Crippen molar-refractivity contribution in [3.05, 3.63) is 28.2 Å². The number of morpholine rings is 1. The molecule has 1 fully saturated rings. The minimum atomic E-state index is -0.154. The quantitative estimate of drug-likeness (QED) is 0.798. The van der Waals surface area contributed by atoms with Crippen molar-refractivity contribution in [1.82, 2.24) is 10.2 Å². The Morgan fingerprint density at radius 3 is 2.90 bits per heavy atom. The van der Waals surface area contributed by atoms with Gasteiger partial charge in [-0.05, 0) is 37.6 Å². The SMILES string of the molecule is Cc1ccc(Br)cc1NC(=O)NCCCN1CCOCC1. The summed E-state index contributed by atoms with van der Waals surface area (Å²) in [6.45, 7) is 7.26. The number of halogens is 1. The summed E-state index contributed by atoms with van der Waals surface area (Å²) in [6.07, 6.45) is 0.949. The molecule has 0 unspecified atom stereocenters. The van der Waals surface area contributed by atoms with E-state index in [1.54, 1.807) is 0 Å². The first-order valence-electron chi connectivity index (χ1n) is 7.26. The van der Waals surface area contributed by atoms with Crippen LogP contribution in [0.15, 0.2) is 22.7 Å². The number of nitrogens with zero attached hydrogens (tertiary/aromatic N) is 1. The Balaban J connectivity index is 1.66. The van der Waals surface area contributed by atoms with Crippen LogP contribution in [-0.4, -0.2) is 50.3 Å². The van der Waals surface area contributed by atoms with Crippen LogP contribution >= 0.6 is 15.9 Å². The van der Waals surface area contributed by atoms with E-state index < -0.39 is 0 Å². The lowest BCUT2D eigenvalue weighted by Gasteiger charge is -2.26. The van der Waals surface area contributed by atoms with Crippen LogP contribution < -0.4 is 10.6 Å². The van der Waals surface area contributed by atoms with E-state index in [-0.39, 0.29) is 6.03 Å². The topological polar surface area (TPSA) is 53.6 Å². The van der Waals surface area contributed by atoms with Crippen LogP contribution in [0.5, 0.6) is 0 Å². The highest BCUT2D eigenvalue weighted by molar-refractivity contribution is 9.10. The fourth-order valence-electron chi connectivity index (χ4n) is 2.22. The molecule has 0 bridgehead atoms. The third-order valence-corrected chi connectivity index (χ3v) is 3.98. The van der Waals surface area contributed by atoms with Crippen LogP contribution in [0, 0.1) is 6.92 Å². The Morgan fingerprint density at radius 2 is 2.14 bits per heavy atom. The number of nitrogens with one attached hydrogen (secondary N) is 2. The Labute approximate surface area is 134 Å². The maximum Gasteiger partial charge on any atom is 0.319 e. The lowest BCUT2D eigenvalue weighted by atomic mass is 10.2. The predicted molar refractivity (Wildman–Crippen MR) is 87.8 cm³/mol. The highest BCUT2D eigenvalue weighted by Gasteiger charge is 2.09. The molecule has 1 aliphatic rings. The zero-order valence-electron chi connectivity index (χ0n) is 12.3. The van der Waals surface area contributed by atoms with Gasteiger partial charge in [-0.25, -0.2) is 4.79 Å². The fourth-order valence-corrected chi connectivity index (χ4v) is 2.59. The Hall–Kier alpha value is -1.11. The van der Waals surface area contributed by atoms with Gasteiger partial charge in [0.25, 0.3) is 0 Å². The number of hydrogen-bond donors (Lipinski definition) is 2. The summed E-state index contributed by atoms with van der Waals surface area (Å²) in [5.41, 5.74) is 1.87. The third kappa shape index (κ3) is 5.65. The molecule has 1 heterocycles. The number of benzene rings is 1. The van der Waals surface area contributed by atoms with Crippen molar-refractivity contribution in [1.29, 1.82) is 0 Å². The van der Waals surface area contributed by atoms with Gasteiger partial charge in [0.1, 0.15) is 0 Å². The van der Waals surface area contributed by atoms with Crippen LogP contribution in [0.25, 0.3) is 0 Å². The maximum atomic E-state index is 11.9. The van der Waals surface area contributed by atoms with Gasteiger partial charge in [-0.15, -0.1) is 0 Å². The molecule has 1 saturated heterocycles. The lowest BCUT2D eigenvalue weighted by Crippen LogP contribution is -2.38. The Kier molecular flexibility index (Phi) is 6.48. The van der Waals surface area contributed by atoms with Gasteiger partial charge in [0.2, 0.25) is 0 Å².